The van der Waals surface area contributed by atoms with Gasteiger partial charge in [0.25, 0.3) is 0 Å². The molecule has 3 nitrogen and oxygen atoms in total. The van der Waals surface area contributed by atoms with E-state index in [1.165, 1.54) is 18.2 Å². The Morgan fingerprint density at radius 3 is 2.85 bits per heavy atom. The highest BCUT2D eigenvalue weighted by atomic mass is 19.1. The standard InChI is InChI=1S/C16H13FN2O/c17-12-5-6-14(11(7-12)9-18)19-16-13-4-2-1-3-10(13)8-15(16)20/h1-7,15-16,19-20H,8H2/t15-,16+/m1/s1. The van der Waals surface area contributed by atoms with E-state index in [4.69, 9.17) is 5.26 Å². The molecule has 2 aromatic carbocycles. The first-order valence-corrected chi connectivity index (χ1v) is 6.41. The molecule has 1 aliphatic rings. The lowest BCUT2D eigenvalue weighted by Crippen LogP contribution is -2.21. The zero-order chi connectivity index (χ0) is 14.1. The molecule has 0 saturated heterocycles. The summed E-state index contributed by atoms with van der Waals surface area (Å²) in [6.45, 7) is 0. The van der Waals surface area contributed by atoms with E-state index < -0.39 is 11.9 Å². The maximum absolute atomic E-state index is 13.1. The van der Waals surface area contributed by atoms with Crippen molar-refractivity contribution in [2.45, 2.75) is 18.6 Å². The Hall–Kier alpha value is -2.38. The van der Waals surface area contributed by atoms with Crippen LogP contribution in [-0.4, -0.2) is 11.2 Å². The lowest BCUT2D eigenvalue weighted by molar-refractivity contribution is 0.166. The predicted molar refractivity (Wildman–Crippen MR) is 73.6 cm³/mol. The summed E-state index contributed by atoms with van der Waals surface area (Å²) >= 11 is 0. The van der Waals surface area contributed by atoms with Crippen molar-refractivity contribution in [1.82, 2.24) is 0 Å². The Morgan fingerprint density at radius 1 is 1.25 bits per heavy atom. The van der Waals surface area contributed by atoms with E-state index in [2.05, 4.69) is 5.32 Å². The molecule has 0 amide bonds. The van der Waals surface area contributed by atoms with Crippen molar-refractivity contribution >= 4 is 5.69 Å². The number of nitriles is 1. The lowest BCUT2D eigenvalue weighted by atomic mass is 10.1. The molecule has 2 atom stereocenters. The molecule has 0 saturated carbocycles. The van der Waals surface area contributed by atoms with Crippen molar-refractivity contribution in [1.29, 1.82) is 5.26 Å². The van der Waals surface area contributed by atoms with Gasteiger partial charge in [0.15, 0.2) is 0 Å². The van der Waals surface area contributed by atoms with Crippen molar-refractivity contribution in [3.05, 3.63) is 65.0 Å². The minimum atomic E-state index is -0.552. The van der Waals surface area contributed by atoms with Gasteiger partial charge in [0.2, 0.25) is 0 Å². The second-order valence-corrected chi connectivity index (χ2v) is 4.89. The number of fused-ring (bicyclic) bond motifs is 1. The molecule has 1 aliphatic carbocycles. The molecule has 0 fully saturated rings. The van der Waals surface area contributed by atoms with Gasteiger partial charge in [-0.25, -0.2) is 4.39 Å². The number of aliphatic hydroxyl groups excluding tert-OH is 1. The topological polar surface area (TPSA) is 56.0 Å². The van der Waals surface area contributed by atoms with Crippen LogP contribution in [0.3, 0.4) is 0 Å². The third kappa shape index (κ3) is 2.13. The van der Waals surface area contributed by atoms with Gasteiger partial charge < -0.3 is 10.4 Å². The van der Waals surface area contributed by atoms with Crippen molar-refractivity contribution in [3.63, 3.8) is 0 Å². The second kappa shape index (κ2) is 4.95. The third-order valence-electron chi connectivity index (χ3n) is 3.62. The number of rotatable bonds is 2. The summed E-state index contributed by atoms with van der Waals surface area (Å²) in [7, 11) is 0. The Balaban J connectivity index is 1.94. The highest BCUT2D eigenvalue weighted by Crippen LogP contribution is 2.34. The van der Waals surface area contributed by atoms with Crippen LogP contribution in [-0.2, 0) is 6.42 Å². The van der Waals surface area contributed by atoms with Crippen LogP contribution in [0.5, 0.6) is 0 Å². The van der Waals surface area contributed by atoms with Gasteiger partial charge in [0.1, 0.15) is 11.9 Å². The molecule has 0 spiro atoms. The molecule has 2 N–H and O–H groups in total. The van der Waals surface area contributed by atoms with Crippen LogP contribution in [0.4, 0.5) is 10.1 Å². The first-order chi connectivity index (χ1) is 9.69. The SMILES string of the molecule is N#Cc1cc(F)ccc1N[C@H]1c2ccccc2C[C@H]1O. The van der Waals surface area contributed by atoms with E-state index in [1.807, 2.05) is 30.3 Å². The van der Waals surface area contributed by atoms with Crippen LogP contribution >= 0.6 is 0 Å². The number of nitrogens with zero attached hydrogens (tertiary/aromatic N) is 1. The molecule has 0 aliphatic heterocycles. The van der Waals surface area contributed by atoms with Crippen molar-refractivity contribution < 1.29 is 9.50 Å². The summed E-state index contributed by atoms with van der Waals surface area (Å²) in [5, 5.41) is 22.4. The monoisotopic (exact) mass is 268 g/mol. The first kappa shape index (κ1) is 12.6. The molecular formula is C16H13FN2O. The maximum atomic E-state index is 13.1. The zero-order valence-electron chi connectivity index (χ0n) is 10.7. The molecule has 0 heterocycles. The molecular weight excluding hydrogens is 255 g/mol. The van der Waals surface area contributed by atoms with Gasteiger partial charge in [-0.2, -0.15) is 5.26 Å². The fourth-order valence-corrected chi connectivity index (χ4v) is 2.65. The Morgan fingerprint density at radius 2 is 2.05 bits per heavy atom. The number of benzene rings is 2. The van der Waals surface area contributed by atoms with Gasteiger partial charge in [-0.1, -0.05) is 24.3 Å². The maximum Gasteiger partial charge on any atom is 0.124 e. The normalized spacial score (nSPS) is 20.2. The number of hydrogen-bond donors (Lipinski definition) is 2. The van der Waals surface area contributed by atoms with Gasteiger partial charge >= 0.3 is 0 Å². The summed E-state index contributed by atoms with van der Waals surface area (Å²) in [5.41, 5.74) is 2.89. The Bertz CT molecular complexity index is 693. The first-order valence-electron chi connectivity index (χ1n) is 6.41. The second-order valence-electron chi connectivity index (χ2n) is 4.89. The molecule has 2 aromatic rings. The molecule has 100 valence electrons. The smallest absolute Gasteiger partial charge is 0.124 e. The Kier molecular flexibility index (Phi) is 3.13. The zero-order valence-corrected chi connectivity index (χ0v) is 10.7. The molecule has 0 radical (unpaired) electrons. The quantitative estimate of drug-likeness (QED) is 0.880. The predicted octanol–water partition coefficient (Wildman–Crippen LogP) is 2.77. The van der Waals surface area contributed by atoms with E-state index in [0.717, 1.165) is 11.1 Å². The van der Waals surface area contributed by atoms with Crippen LogP contribution in [0.15, 0.2) is 42.5 Å². The molecule has 4 heteroatoms. The lowest BCUT2D eigenvalue weighted by Gasteiger charge is -2.20. The van der Waals surface area contributed by atoms with E-state index in [-0.39, 0.29) is 11.6 Å². The van der Waals surface area contributed by atoms with Crippen LogP contribution in [0.2, 0.25) is 0 Å². The van der Waals surface area contributed by atoms with Crippen molar-refractivity contribution in [2.75, 3.05) is 5.32 Å². The van der Waals surface area contributed by atoms with Crippen LogP contribution in [0.25, 0.3) is 0 Å². The van der Waals surface area contributed by atoms with Crippen LogP contribution in [0.1, 0.15) is 22.7 Å². The summed E-state index contributed by atoms with van der Waals surface area (Å²) in [6.07, 6.45) is 0.0284. The molecule has 0 bridgehead atoms. The number of hydrogen-bond acceptors (Lipinski definition) is 3. The summed E-state index contributed by atoms with van der Waals surface area (Å²) in [6, 6.07) is 13.5. The van der Waals surface area contributed by atoms with Crippen molar-refractivity contribution in [2.24, 2.45) is 0 Å². The van der Waals surface area contributed by atoms with Gasteiger partial charge in [0.05, 0.1) is 23.4 Å². The van der Waals surface area contributed by atoms with Crippen LogP contribution in [0, 0.1) is 17.1 Å². The summed E-state index contributed by atoms with van der Waals surface area (Å²) in [4.78, 5) is 0. The Labute approximate surface area is 116 Å². The van der Waals surface area contributed by atoms with E-state index >= 15 is 0 Å². The van der Waals surface area contributed by atoms with E-state index in [1.54, 1.807) is 0 Å². The highest BCUT2D eigenvalue weighted by Gasteiger charge is 2.30. The third-order valence-corrected chi connectivity index (χ3v) is 3.62. The van der Waals surface area contributed by atoms with Gasteiger partial charge in [-0.15, -0.1) is 0 Å². The average Bonchev–Trinajstić information content (AvgIpc) is 2.77. The summed E-state index contributed by atoms with van der Waals surface area (Å²) in [5.74, 6) is -0.445. The van der Waals surface area contributed by atoms with Gasteiger partial charge in [-0.3, -0.25) is 0 Å². The summed E-state index contributed by atoms with van der Waals surface area (Å²) < 4.78 is 13.1. The molecule has 0 unspecified atom stereocenters. The van der Waals surface area contributed by atoms with Crippen molar-refractivity contribution in [3.8, 4) is 6.07 Å². The largest absolute Gasteiger partial charge is 0.390 e. The fourth-order valence-electron chi connectivity index (χ4n) is 2.65. The van der Waals surface area contributed by atoms with Gasteiger partial charge in [0, 0.05) is 6.42 Å². The fraction of sp³-hybridized carbons (Fsp3) is 0.188. The minimum absolute atomic E-state index is 0.238. The van der Waals surface area contributed by atoms with Crippen LogP contribution < -0.4 is 5.32 Å². The van der Waals surface area contributed by atoms with E-state index in [9.17, 15) is 9.50 Å². The molecule has 20 heavy (non-hydrogen) atoms. The number of anilines is 1. The number of halogens is 1. The average molecular weight is 268 g/mol. The van der Waals surface area contributed by atoms with E-state index in [0.29, 0.717) is 12.1 Å². The molecule has 0 aromatic heterocycles. The van der Waals surface area contributed by atoms with Gasteiger partial charge in [-0.05, 0) is 29.3 Å². The minimum Gasteiger partial charge on any atom is -0.390 e. The number of nitrogens with one attached hydrogen (secondary N) is 1. The number of aliphatic hydroxyl groups is 1. The molecule has 3 rings (SSSR count). The highest BCUT2D eigenvalue weighted by molar-refractivity contribution is 5.59.